The van der Waals surface area contributed by atoms with Crippen LogP contribution in [0.1, 0.15) is 17.7 Å². The Hall–Kier alpha value is -2.83. The Morgan fingerprint density at radius 3 is 2.69 bits per heavy atom. The predicted molar refractivity (Wildman–Crippen MR) is 111 cm³/mol. The fourth-order valence-electron chi connectivity index (χ4n) is 4.40. The Morgan fingerprint density at radius 1 is 1.14 bits per heavy atom. The van der Waals surface area contributed by atoms with E-state index >= 15 is 0 Å². The molecule has 2 aliphatic heterocycles. The third-order valence-electron chi connectivity index (χ3n) is 5.86. The van der Waals surface area contributed by atoms with Crippen molar-refractivity contribution in [1.82, 2.24) is 9.88 Å². The fraction of sp³-hybridized carbons (Fsp3) is 0.273. The number of anilines is 1. The molecule has 0 spiro atoms. The summed E-state index contributed by atoms with van der Waals surface area (Å²) in [5.41, 5.74) is 3.98. The van der Waals surface area contributed by atoms with Crippen LogP contribution in [0.2, 0.25) is 5.02 Å². The van der Waals surface area contributed by atoms with Crippen LogP contribution in [0.15, 0.2) is 42.5 Å². The summed E-state index contributed by atoms with van der Waals surface area (Å²) in [4.78, 5) is 32.6. The van der Waals surface area contributed by atoms with E-state index in [1.54, 1.807) is 31.4 Å². The Morgan fingerprint density at radius 2 is 1.93 bits per heavy atom. The second kappa shape index (κ2) is 6.90. The SMILES string of the molecule is COc1ccc(N2C(=O)CC(N3CCc4c([nH]c5ccc(Cl)cc45)C3)C2=O)cc1. The van der Waals surface area contributed by atoms with Gasteiger partial charge in [-0.3, -0.25) is 14.5 Å². The topological polar surface area (TPSA) is 65.6 Å². The van der Waals surface area contributed by atoms with Gasteiger partial charge in [0.05, 0.1) is 25.3 Å². The lowest BCUT2D eigenvalue weighted by Crippen LogP contribution is -2.44. The normalized spacial score (nSPS) is 19.8. The second-order valence-corrected chi connectivity index (χ2v) is 7.91. The van der Waals surface area contributed by atoms with Gasteiger partial charge in [0.1, 0.15) is 5.75 Å². The zero-order valence-electron chi connectivity index (χ0n) is 15.9. The summed E-state index contributed by atoms with van der Waals surface area (Å²) in [6.45, 7) is 1.34. The van der Waals surface area contributed by atoms with E-state index in [-0.39, 0.29) is 18.2 Å². The lowest BCUT2D eigenvalue weighted by atomic mass is 10.0. The number of carbonyl (C=O) groups excluding carboxylic acids is 2. The molecule has 2 aliphatic rings. The summed E-state index contributed by atoms with van der Waals surface area (Å²) in [7, 11) is 1.58. The van der Waals surface area contributed by atoms with Gasteiger partial charge in [-0.2, -0.15) is 0 Å². The van der Waals surface area contributed by atoms with Crippen molar-refractivity contribution in [2.45, 2.75) is 25.4 Å². The van der Waals surface area contributed by atoms with Crippen molar-refractivity contribution < 1.29 is 14.3 Å². The number of hydrogen-bond donors (Lipinski definition) is 1. The molecule has 148 valence electrons. The monoisotopic (exact) mass is 409 g/mol. The van der Waals surface area contributed by atoms with Gasteiger partial charge in [0.15, 0.2) is 0 Å². The van der Waals surface area contributed by atoms with E-state index < -0.39 is 6.04 Å². The smallest absolute Gasteiger partial charge is 0.251 e. The van der Waals surface area contributed by atoms with E-state index in [9.17, 15) is 9.59 Å². The third kappa shape index (κ3) is 2.99. The van der Waals surface area contributed by atoms with Crippen LogP contribution in [0, 0.1) is 0 Å². The minimum atomic E-state index is -0.437. The molecule has 3 aromatic rings. The molecule has 1 N–H and O–H groups in total. The molecule has 29 heavy (non-hydrogen) atoms. The van der Waals surface area contributed by atoms with Crippen molar-refractivity contribution in [3.8, 4) is 5.75 Å². The molecule has 6 nitrogen and oxygen atoms in total. The molecule has 0 radical (unpaired) electrons. The minimum Gasteiger partial charge on any atom is -0.497 e. The van der Waals surface area contributed by atoms with Gasteiger partial charge in [0.25, 0.3) is 5.91 Å². The number of nitrogens with one attached hydrogen (secondary N) is 1. The molecule has 2 amide bonds. The summed E-state index contributed by atoms with van der Waals surface area (Å²) in [6.07, 6.45) is 1.02. The van der Waals surface area contributed by atoms with Crippen LogP contribution in [-0.4, -0.2) is 41.4 Å². The Bertz CT molecular complexity index is 1120. The molecule has 0 saturated carbocycles. The highest BCUT2D eigenvalue weighted by Gasteiger charge is 2.43. The van der Waals surface area contributed by atoms with E-state index in [0.717, 1.165) is 29.6 Å². The van der Waals surface area contributed by atoms with E-state index in [4.69, 9.17) is 16.3 Å². The van der Waals surface area contributed by atoms with Crippen LogP contribution in [-0.2, 0) is 22.6 Å². The van der Waals surface area contributed by atoms with Gasteiger partial charge in [-0.1, -0.05) is 11.6 Å². The maximum Gasteiger partial charge on any atom is 0.251 e. The first-order valence-electron chi connectivity index (χ1n) is 9.59. The van der Waals surface area contributed by atoms with Crippen molar-refractivity contribution in [2.75, 3.05) is 18.6 Å². The maximum atomic E-state index is 13.1. The molecule has 7 heteroatoms. The van der Waals surface area contributed by atoms with Gasteiger partial charge in [-0.15, -0.1) is 0 Å². The van der Waals surface area contributed by atoms with E-state index in [0.29, 0.717) is 23.0 Å². The molecular formula is C22H20ClN3O3. The van der Waals surface area contributed by atoms with Crippen LogP contribution in [0.25, 0.3) is 10.9 Å². The number of aromatic nitrogens is 1. The number of nitrogens with zero attached hydrogens (tertiary/aromatic N) is 2. The number of benzene rings is 2. The number of aromatic amines is 1. The summed E-state index contributed by atoms with van der Waals surface area (Å²) in [6, 6.07) is 12.4. The average molecular weight is 410 g/mol. The van der Waals surface area contributed by atoms with Gasteiger partial charge in [0.2, 0.25) is 5.91 Å². The standard InChI is InChI=1S/C22H20ClN3O3/c1-29-15-5-3-14(4-6-15)26-21(27)11-20(22(26)28)25-9-8-16-17-10-13(23)2-7-18(17)24-19(16)12-25/h2-7,10,20,24H,8-9,11-12H2,1H3. The number of hydrogen-bond acceptors (Lipinski definition) is 4. The van der Waals surface area contributed by atoms with E-state index in [2.05, 4.69) is 9.88 Å². The first-order chi connectivity index (χ1) is 14.0. The molecule has 0 aliphatic carbocycles. The number of carbonyl (C=O) groups is 2. The Balaban J connectivity index is 1.40. The van der Waals surface area contributed by atoms with Crippen molar-refractivity contribution in [3.63, 3.8) is 0 Å². The summed E-state index contributed by atoms with van der Waals surface area (Å²) in [5, 5.41) is 1.86. The zero-order chi connectivity index (χ0) is 20.1. The molecule has 2 aromatic carbocycles. The van der Waals surface area contributed by atoms with Gasteiger partial charge >= 0.3 is 0 Å². The highest BCUT2D eigenvalue weighted by Crippen LogP contribution is 2.33. The van der Waals surface area contributed by atoms with Crippen molar-refractivity contribution in [2.24, 2.45) is 0 Å². The Labute approximate surface area is 173 Å². The highest BCUT2D eigenvalue weighted by molar-refractivity contribution is 6.31. The van der Waals surface area contributed by atoms with Crippen molar-refractivity contribution >= 4 is 40.0 Å². The molecule has 5 rings (SSSR count). The summed E-state index contributed by atoms with van der Waals surface area (Å²) >= 11 is 6.16. The zero-order valence-corrected chi connectivity index (χ0v) is 16.7. The molecule has 3 heterocycles. The summed E-state index contributed by atoms with van der Waals surface area (Å²) < 4.78 is 5.16. The number of ether oxygens (including phenoxy) is 1. The lowest BCUT2D eigenvalue weighted by Gasteiger charge is -2.30. The molecule has 1 saturated heterocycles. The number of H-pyrrole nitrogens is 1. The predicted octanol–water partition coefficient (Wildman–Crippen LogP) is 3.52. The number of fused-ring (bicyclic) bond motifs is 3. The van der Waals surface area contributed by atoms with Gasteiger partial charge in [0, 0.05) is 34.7 Å². The molecule has 1 atom stereocenters. The van der Waals surface area contributed by atoms with Crippen LogP contribution in [0.3, 0.4) is 0 Å². The number of imide groups is 1. The largest absolute Gasteiger partial charge is 0.497 e. The first kappa shape index (κ1) is 18.2. The number of methoxy groups -OCH3 is 1. The quantitative estimate of drug-likeness (QED) is 0.672. The van der Waals surface area contributed by atoms with Gasteiger partial charge < -0.3 is 9.72 Å². The highest BCUT2D eigenvalue weighted by atomic mass is 35.5. The van der Waals surface area contributed by atoms with Crippen molar-refractivity contribution in [3.05, 3.63) is 58.7 Å². The van der Waals surface area contributed by atoms with Crippen LogP contribution < -0.4 is 9.64 Å². The molecule has 0 bridgehead atoms. The second-order valence-electron chi connectivity index (χ2n) is 7.48. The first-order valence-corrected chi connectivity index (χ1v) is 9.97. The molecule has 1 fully saturated rings. The third-order valence-corrected chi connectivity index (χ3v) is 6.10. The van der Waals surface area contributed by atoms with Crippen LogP contribution in [0.5, 0.6) is 5.75 Å². The van der Waals surface area contributed by atoms with Crippen LogP contribution in [0.4, 0.5) is 5.69 Å². The van der Waals surface area contributed by atoms with Gasteiger partial charge in [-0.25, -0.2) is 4.90 Å². The van der Waals surface area contributed by atoms with Crippen molar-refractivity contribution in [1.29, 1.82) is 0 Å². The van der Waals surface area contributed by atoms with E-state index in [1.807, 2.05) is 18.2 Å². The molecule has 1 unspecified atom stereocenters. The molecular weight excluding hydrogens is 390 g/mol. The number of halogens is 1. The minimum absolute atomic E-state index is 0.164. The fourth-order valence-corrected chi connectivity index (χ4v) is 4.58. The summed E-state index contributed by atoms with van der Waals surface area (Å²) in [5.74, 6) is 0.356. The average Bonchev–Trinajstić information content (AvgIpc) is 3.24. The number of rotatable bonds is 3. The maximum absolute atomic E-state index is 13.1. The molecule has 1 aromatic heterocycles. The van der Waals surface area contributed by atoms with E-state index in [1.165, 1.54) is 10.5 Å². The number of amides is 2. The Kier molecular flexibility index (Phi) is 4.33. The van der Waals surface area contributed by atoms with Gasteiger partial charge in [-0.05, 0) is 54.4 Å². The lowest BCUT2D eigenvalue weighted by molar-refractivity contribution is -0.123. The van der Waals surface area contributed by atoms with Crippen LogP contribution >= 0.6 is 11.6 Å².